The lowest BCUT2D eigenvalue weighted by molar-refractivity contribution is 0.0572. The second kappa shape index (κ2) is 6.37. The van der Waals surface area contributed by atoms with Crippen LogP contribution in [0.15, 0.2) is 24.3 Å². The minimum atomic E-state index is 0.379. The Morgan fingerprint density at radius 2 is 2.10 bits per heavy atom. The quantitative estimate of drug-likeness (QED) is 0.924. The van der Waals surface area contributed by atoms with E-state index in [4.69, 9.17) is 4.74 Å². The van der Waals surface area contributed by atoms with Crippen molar-refractivity contribution >= 4 is 0 Å². The fourth-order valence-corrected chi connectivity index (χ4v) is 3.87. The maximum absolute atomic E-state index is 5.35. The third-order valence-electron chi connectivity index (χ3n) is 5.23. The monoisotopic (exact) mass is 288 g/mol. The Balaban J connectivity index is 1.70. The maximum Gasteiger partial charge on any atom is 0.119 e. The van der Waals surface area contributed by atoms with Crippen molar-refractivity contribution < 1.29 is 4.74 Å². The number of methoxy groups -OCH3 is 1. The number of benzene rings is 1. The highest BCUT2D eigenvalue weighted by atomic mass is 16.5. The molecule has 3 nitrogen and oxygen atoms in total. The van der Waals surface area contributed by atoms with Crippen molar-refractivity contribution in [1.82, 2.24) is 10.2 Å². The van der Waals surface area contributed by atoms with Crippen LogP contribution in [0.3, 0.4) is 0 Å². The van der Waals surface area contributed by atoms with Crippen molar-refractivity contribution in [3.05, 3.63) is 29.8 Å². The van der Waals surface area contributed by atoms with Gasteiger partial charge in [-0.15, -0.1) is 0 Å². The highest BCUT2D eigenvalue weighted by Gasteiger charge is 2.38. The van der Waals surface area contributed by atoms with Gasteiger partial charge < -0.3 is 10.1 Å². The lowest BCUT2D eigenvalue weighted by atomic mass is 9.79. The van der Waals surface area contributed by atoms with Crippen LogP contribution in [0.25, 0.3) is 0 Å². The number of piperazine rings is 1. The standard InChI is InChI=1S/C18H28N2O/c1-15-12-19-18(9-4-3-5-10-18)14-20(15)13-16-7-6-8-17(11-16)21-2/h6-8,11,15,19H,3-5,9-10,12-14H2,1-2H3. The van der Waals surface area contributed by atoms with E-state index in [9.17, 15) is 0 Å². The molecular weight excluding hydrogens is 260 g/mol. The van der Waals surface area contributed by atoms with E-state index in [2.05, 4.69) is 35.3 Å². The van der Waals surface area contributed by atoms with E-state index in [1.807, 2.05) is 6.07 Å². The van der Waals surface area contributed by atoms with Crippen molar-refractivity contribution in [2.24, 2.45) is 0 Å². The Bertz CT molecular complexity index is 468. The van der Waals surface area contributed by atoms with Crippen LogP contribution in [-0.4, -0.2) is 36.7 Å². The average Bonchev–Trinajstić information content (AvgIpc) is 2.52. The third-order valence-corrected chi connectivity index (χ3v) is 5.23. The number of rotatable bonds is 3. The summed E-state index contributed by atoms with van der Waals surface area (Å²) in [6.45, 7) is 5.67. The molecule has 21 heavy (non-hydrogen) atoms. The molecule has 0 aromatic heterocycles. The zero-order valence-electron chi connectivity index (χ0n) is 13.4. The van der Waals surface area contributed by atoms with Gasteiger partial charge in [-0.05, 0) is 37.5 Å². The van der Waals surface area contributed by atoms with Crippen molar-refractivity contribution in [2.45, 2.75) is 57.2 Å². The molecule has 2 fully saturated rings. The van der Waals surface area contributed by atoms with Crippen LogP contribution in [0.5, 0.6) is 5.75 Å². The molecule has 116 valence electrons. The van der Waals surface area contributed by atoms with E-state index in [0.717, 1.165) is 18.8 Å². The predicted octanol–water partition coefficient (Wildman–Crippen LogP) is 3.19. The van der Waals surface area contributed by atoms with Gasteiger partial charge in [-0.2, -0.15) is 0 Å². The van der Waals surface area contributed by atoms with E-state index in [0.29, 0.717) is 11.6 Å². The van der Waals surface area contributed by atoms with E-state index in [-0.39, 0.29) is 0 Å². The van der Waals surface area contributed by atoms with Crippen molar-refractivity contribution in [2.75, 3.05) is 20.2 Å². The minimum Gasteiger partial charge on any atom is -0.497 e. The van der Waals surface area contributed by atoms with Gasteiger partial charge in [0.25, 0.3) is 0 Å². The molecule has 1 N–H and O–H groups in total. The molecular formula is C18H28N2O. The SMILES string of the molecule is COc1cccc(CN2CC3(CCCCC3)NCC2C)c1. The third kappa shape index (κ3) is 3.41. The first-order chi connectivity index (χ1) is 10.2. The molecule has 0 amide bonds. The highest BCUT2D eigenvalue weighted by Crippen LogP contribution is 2.32. The van der Waals surface area contributed by atoms with Crippen LogP contribution in [0, 0.1) is 0 Å². The van der Waals surface area contributed by atoms with Crippen LogP contribution in [0.2, 0.25) is 0 Å². The Hall–Kier alpha value is -1.06. The summed E-state index contributed by atoms with van der Waals surface area (Å²) in [5, 5.41) is 3.86. The average molecular weight is 288 g/mol. The van der Waals surface area contributed by atoms with Crippen molar-refractivity contribution in [3.63, 3.8) is 0 Å². The number of nitrogens with one attached hydrogen (secondary N) is 1. The number of hydrogen-bond donors (Lipinski definition) is 1. The molecule has 1 heterocycles. The zero-order valence-corrected chi connectivity index (χ0v) is 13.4. The topological polar surface area (TPSA) is 24.5 Å². The lowest BCUT2D eigenvalue weighted by Crippen LogP contribution is -2.63. The predicted molar refractivity (Wildman–Crippen MR) is 86.7 cm³/mol. The van der Waals surface area contributed by atoms with Crippen LogP contribution < -0.4 is 10.1 Å². The summed E-state index contributed by atoms with van der Waals surface area (Å²) in [5.41, 5.74) is 1.73. The highest BCUT2D eigenvalue weighted by molar-refractivity contribution is 5.28. The fraction of sp³-hybridized carbons (Fsp3) is 0.667. The van der Waals surface area contributed by atoms with E-state index in [1.54, 1.807) is 7.11 Å². The molecule has 1 aliphatic carbocycles. The van der Waals surface area contributed by atoms with Gasteiger partial charge in [0.1, 0.15) is 5.75 Å². The molecule has 3 heteroatoms. The Morgan fingerprint density at radius 1 is 1.29 bits per heavy atom. The lowest BCUT2D eigenvalue weighted by Gasteiger charge is -2.49. The van der Waals surface area contributed by atoms with E-state index < -0.39 is 0 Å². The van der Waals surface area contributed by atoms with Crippen molar-refractivity contribution in [3.8, 4) is 5.75 Å². The normalized spacial score (nSPS) is 25.9. The van der Waals surface area contributed by atoms with Gasteiger partial charge in [0, 0.05) is 31.2 Å². The van der Waals surface area contributed by atoms with Gasteiger partial charge in [0.05, 0.1) is 7.11 Å². The maximum atomic E-state index is 5.35. The van der Waals surface area contributed by atoms with Crippen LogP contribution >= 0.6 is 0 Å². The molecule has 1 saturated carbocycles. The summed E-state index contributed by atoms with van der Waals surface area (Å²) in [5.74, 6) is 0.961. The van der Waals surface area contributed by atoms with Gasteiger partial charge >= 0.3 is 0 Å². The van der Waals surface area contributed by atoms with Crippen molar-refractivity contribution in [1.29, 1.82) is 0 Å². The second-order valence-corrected chi connectivity index (χ2v) is 6.83. The van der Waals surface area contributed by atoms with E-state index in [1.165, 1.54) is 44.2 Å². The van der Waals surface area contributed by atoms with Gasteiger partial charge in [-0.1, -0.05) is 31.4 Å². The summed E-state index contributed by atoms with van der Waals surface area (Å²) < 4.78 is 5.35. The molecule has 1 saturated heterocycles. The molecule has 1 aliphatic heterocycles. The second-order valence-electron chi connectivity index (χ2n) is 6.83. The first kappa shape index (κ1) is 14.9. The van der Waals surface area contributed by atoms with Gasteiger partial charge in [0.15, 0.2) is 0 Å². The van der Waals surface area contributed by atoms with Gasteiger partial charge in [-0.25, -0.2) is 0 Å². The van der Waals surface area contributed by atoms with E-state index >= 15 is 0 Å². The molecule has 1 aromatic rings. The van der Waals surface area contributed by atoms with Crippen LogP contribution in [-0.2, 0) is 6.54 Å². The van der Waals surface area contributed by atoms with Crippen LogP contribution in [0.4, 0.5) is 0 Å². The molecule has 1 atom stereocenters. The molecule has 0 bridgehead atoms. The number of nitrogens with zero attached hydrogens (tertiary/aromatic N) is 1. The summed E-state index contributed by atoms with van der Waals surface area (Å²) in [7, 11) is 1.74. The summed E-state index contributed by atoms with van der Waals surface area (Å²) >= 11 is 0. The largest absolute Gasteiger partial charge is 0.497 e. The first-order valence-electron chi connectivity index (χ1n) is 8.33. The summed E-state index contributed by atoms with van der Waals surface area (Å²) in [6.07, 6.45) is 6.86. The Morgan fingerprint density at radius 3 is 2.86 bits per heavy atom. The smallest absolute Gasteiger partial charge is 0.119 e. The van der Waals surface area contributed by atoms with Gasteiger partial charge in [-0.3, -0.25) is 4.90 Å². The first-order valence-corrected chi connectivity index (χ1v) is 8.33. The Kier molecular flexibility index (Phi) is 4.51. The summed E-state index contributed by atoms with van der Waals surface area (Å²) in [6, 6.07) is 9.10. The molecule has 3 rings (SSSR count). The molecule has 1 aromatic carbocycles. The fourth-order valence-electron chi connectivity index (χ4n) is 3.87. The molecule has 1 spiro atoms. The molecule has 0 radical (unpaired) electrons. The number of hydrogen-bond acceptors (Lipinski definition) is 3. The summed E-state index contributed by atoms with van der Waals surface area (Å²) in [4.78, 5) is 2.65. The Labute approximate surface area is 128 Å². The van der Waals surface area contributed by atoms with Gasteiger partial charge in [0.2, 0.25) is 0 Å². The zero-order chi connectivity index (χ0) is 14.7. The minimum absolute atomic E-state index is 0.379. The molecule has 2 aliphatic rings. The molecule has 1 unspecified atom stereocenters. The number of ether oxygens (including phenoxy) is 1. The van der Waals surface area contributed by atoms with Crippen LogP contribution in [0.1, 0.15) is 44.6 Å².